The number of para-hydroxylation sites is 1. The van der Waals surface area contributed by atoms with Gasteiger partial charge in [-0.05, 0) is 12.1 Å². The van der Waals surface area contributed by atoms with E-state index in [0.29, 0.717) is 24.5 Å². The van der Waals surface area contributed by atoms with Crippen LogP contribution in [-0.4, -0.2) is 32.8 Å². The molecule has 1 aromatic carbocycles. The van der Waals surface area contributed by atoms with Crippen LogP contribution >= 0.6 is 0 Å². The third-order valence-electron chi connectivity index (χ3n) is 2.04. The molecule has 0 aliphatic rings. The van der Waals surface area contributed by atoms with E-state index < -0.39 is 0 Å². The average Bonchev–Trinajstić information content (AvgIpc) is 2.41. The van der Waals surface area contributed by atoms with Gasteiger partial charge in [0.25, 0.3) is 5.91 Å². The van der Waals surface area contributed by atoms with E-state index in [-0.39, 0.29) is 12.5 Å². The second-order valence-corrected chi connectivity index (χ2v) is 3.37. The number of carbonyl (C=O) groups excluding carboxylic acids is 1. The molecule has 0 aromatic heterocycles. The Morgan fingerprint density at radius 1 is 1.39 bits per heavy atom. The summed E-state index contributed by atoms with van der Waals surface area (Å²) in [6.45, 7) is 4.60. The van der Waals surface area contributed by atoms with Crippen LogP contribution in [0.2, 0.25) is 0 Å². The van der Waals surface area contributed by atoms with Crippen LogP contribution in [0.5, 0.6) is 5.75 Å². The topological polar surface area (TPSA) is 56.8 Å². The number of methoxy groups -OCH3 is 1. The minimum atomic E-state index is -0.356. The van der Waals surface area contributed by atoms with E-state index in [4.69, 9.17) is 14.3 Å². The van der Waals surface area contributed by atoms with Gasteiger partial charge in [0, 0.05) is 7.11 Å². The zero-order valence-electron chi connectivity index (χ0n) is 10.3. The Bertz CT molecular complexity index is 392. The lowest BCUT2D eigenvalue weighted by molar-refractivity contribution is 0.00872. The second kappa shape index (κ2) is 8.27. The van der Waals surface area contributed by atoms with Crippen LogP contribution in [-0.2, 0) is 9.57 Å². The molecule has 0 heterocycles. The normalized spacial score (nSPS) is 9.83. The van der Waals surface area contributed by atoms with E-state index in [1.165, 1.54) is 0 Å². The lowest BCUT2D eigenvalue weighted by Gasteiger charge is -2.10. The Morgan fingerprint density at radius 2 is 2.17 bits per heavy atom. The molecule has 1 aromatic rings. The van der Waals surface area contributed by atoms with E-state index in [0.717, 1.165) is 0 Å². The van der Waals surface area contributed by atoms with Gasteiger partial charge >= 0.3 is 0 Å². The van der Waals surface area contributed by atoms with Gasteiger partial charge in [-0.25, -0.2) is 5.48 Å². The van der Waals surface area contributed by atoms with Gasteiger partial charge in [-0.2, -0.15) is 0 Å². The highest BCUT2D eigenvalue weighted by molar-refractivity contribution is 5.96. The summed E-state index contributed by atoms with van der Waals surface area (Å²) < 4.78 is 10.2. The van der Waals surface area contributed by atoms with Crippen LogP contribution in [0.15, 0.2) is 36.9 Å². The lowest BCUT2D eigenvalue weighted by atomic mass is 10.2. The number of rotatable bonds is 8. The molecule has 0 atom stereocenters. The van der Waals surface area contributed by atoms with Crippen molar-refractivity contribution in [1.82, 2.24) is 5.48 Å². The van der Waals surface area contributed by atoms with Crippen molar-refractivity contribution in [2.75, 3.05) is 26.9 Å². The SMILES string of the molecule is C=CCOc1ccccc1C(=O)NOCCOC. The van der Waals surface area contributed by atoms with Crippen molar-refractivity contribution in [3.05, 3.63) is 42.5 Å². The molecule has 1 N–H and O–H groups in total. The smallest absolute Gasteiger partial charge is 0.278 e. The highest BCUT2D eigenvalue weighted by Crippen LogP contribution is 2.17. The van der Waals surface area contributed by atoms with Gasteiger partial charge in [0.1, 0.15) is 12.4 Å². The maximum atomic E-state index is 11.8. The summed E-state index contributed by atoms with van der Waals surface area (Å²) in [6, 6.07) is 6.92. The molecule has 5 heteroatoms. The predicted molar refractivity (Wildman–Crippen MR) is 67.4 cm³/mol. The lowest BCUT2D eigenvalue weighted by Crippen LogP contribution is -2.25. The summed E-state index contributed by atoms with van der Waals surface area (Å²) in [5, 5.41) is 0. The molecule has 0 fully saturated rings. The monoisotopic (exact) mass is 251 g/mol. The maximum absolute atomic E-state index is 11.8. The van der Waals surface area contributed by atoms with Crippen molar-refractivity contribution in [3.63, 3.8) is 0 Å². The molecule has 0 aliphatic carbocycles. The first-order valence-electron chi connectivity index (χ1n) is 5.53. The number of ether oxygens (including phenoxy) is 2. The molecule has 0 saturated carbocycles. The zero-order valence-corrected chi connectivity index (χ0v) is 10.3. The van der Waals surface area contributed by atoms with Crippen LogP contribution < -0.4 is 10.2 Å². The summed E-state index contributed by atoms with van der Waals surface area (Å²) >= 11 is 0. The fourth-order valence-electron chi connectivity index (χ4n) is 1.23. The Labute approximate surface area is 106 Å². The second-order valence-electron chi connectivity index (χ2n) is 3.37. The van der Waals surface area contributed by atoms with Crippen LogP contribution in [0.4, 0.5) is 0 Å². The van der Waals surface area contributed by atoms with Crippen LogP contribution in [0.3, 0.4) is 0 Å². The van der Waals surface area contributed by atoms with Gasteiger partial charge in [-0.15, -0.1) is 0 Å². The molecule has 0 aliphatic heterocycles. The molecule has 0 spiro atoms. The molecular weight excluding hydrogens is 234 g/mol. The van der Waals surface area contributed by atoms with E-state index >= 15 is 0 Å². The number of amides is 1. The molecule has 0 saturated heterocycles. The van der Waals surface area contributed by atoms with Crippen LogP contribution in [0.25, 0.3) is 0 Å². The van der Waals surface area contributed by atoms with E-state index in [1.54, 1.807) is 37.5 Å². The van der Waals surface area contributed by atoms with Gasteiger partial charge < -0.3 is 9.47 Å². The molecule has 18 heavy (non-hydrogen) atoms. The van der Waals surface area contributed by atoms with Gasteiger partial charge in [0.2, 0.25) is 0 Å². The number of carbonyl (C=O) groups is 1. The van der Waals surface area contributed by atoms with Crippen molar-refractivity contribution in [3.8, 4) is 5.75 Å². The largest absolute Gasteiger partial charge is 0.489 e. The van der Waals surface area contributed by atoms with Crippen molar-refractivity contribution < 1.29 is 19.1 Å². The van der Waals surface area contributed by atoms with Gasteiger partial charge in [0.15, 0.2) is 0 Å². The van der Waals surface area contributed by atoms with Crippen LogP contribution in [0, 0.1) is 0 Å². The molecule has 5 nitrogen and oxygen atoms in total. The van der Waals surface area contributed by atoms with Crippen LogP contribution in [0.1, 0.15) is 10.4 Å². The zero-order chi connectivity index (χ0) is 13.2. The number of benzene rings is 1. The minimum Gasteiger partial charge on any atom is -0.489 e. The maximum Gasteiger partial charge on any atom is 0.278 e. The molecule has 0 unspecified atom stereocenters. The molecule has 1 amide bonds. The molecule has 0 bridgehead atoms. The predicted octanol–water partition coefficient (Wildman–Crippen LogP) is 1.56. The van der Waals surface area contributed by atoms with Crippen molar-refractivity contribution in [1.29, 1.82) is 0 Å². The highest BCUT2D eigenvalue weighted by atomic mass is 16.7. The van der Waals surface area contributed by atoms with Crippen molar-refractivity contribution >= 4 is 5.91 Å². The number of hydrogen-bond acceptors (Lipinski definition) is 4. The summed E-state index contributed by atoms with van der Waals surface area (Å²) in [6.07, 6.45) is 1.61. The number of hydrogen-bond donors (Lipinski definition) is 1. The Balaban J connectivity index is 2.57. The van der Waals surface area contributed by atoms with Crippen molar-refractivity contribution in [2.24, 2.45) is 0 Å². The van der Waals surface area contributed by atoms with Crippen molar-refractivity contribution in [2.45, 2.75) is 0 Å². The fraction of sp³-hybridized carbons (Fsp3) is 0.308. The third-order valence-corrected chi connectivity index (χ3v) is 2.04. The van der Waals surface area contributed by atoms with Gasteiger partial charge in [0.05, 0.1) is 18.8 Å². The first kappa shape index (κ1) is 14.2. The first-order valence-corrected chi connectivity index (χ1v) is 5.53. The summed E-state index contributed by atoms with van der Waals surface area (Å²) in [7, 11) is 1.56. The molecule has 98 valence electrons. The number of nitrogens with one attached hydrogen (secondary N) is 1. The fourth-order valence-corrected chi connectivity index (χ4v) is 1.23. The van der Waals surface area contributed by atoms with Gasteiger partial charge in [-0.1, -0.05) is 24.8 Å². The summed E-state index contributed by atoms with van der Waals surface area (Å²) in [5.74, 6) is 0.135. The van der Waals surface area contributed by atoms with E-state index in [2.05, 4.69) is 12.1 Å². The quantitative estimate of drug-likeness (QED) is 0.433. The third kappa shape index (κ3) is 4.57. The highest BCUT2D eigenvalue weighted by Gasteiger charge is 2.11. The average molecular weight is 251 g/mol. The standard InChI is InChI=1S/C13H17NO4/c1-3-8-17-12-7-5-4-6-11(12)13(15)14-18-10-9-16-2/h3-7H,1,8-10H2,2H3,(H,14,15). The Kier molecular flexibility index (Phi) is 6.53. The number of hydroxylamine groups is 1. The Morgan fingerprint density at radius 3 is 2.89 bits per heavy atom. The summed E-state index contributed by atoms with van der Waals surface area (Å²) in [5.41, 5.74) is 2.74. The minimum absolute atomic E-state index is 0.290. The molecule has 1 rings (SSSR count). The van der Waals surface area contributed by atoms with E-state index in [1.807, 2.05) is 0 Å². The summed E-state index contributed by atoms with van der Waals surface area (Å²) in [4.78, 5) is 16.8. The first-order chi connectivity index (χ1) is 8.79. The Hall–Kier alpha value is -1.85. The molecular formula is C13H17NO4. The van der Waals surface area contributed by atoms with Gasteiger partial charge in [-0.3, -0.25) is 9.63 Å². The van der Waals surface area contributed by atoms with E-state index in [9.17, 15) is 4.79 Å². The molecule has 0 radical (unpaired) electrons.